The van der Waals surface area contributed by atoms with Crippen LogP contribution in [0.5, 0.6) is 5.75 Å². The van der Waals surface area contributed by atoms with Gasteiger partial charge in [-0.15, -0.1) is 0 Å². The third kappa shape index (κ3) is 1.68. The number of nitrogens with one attached hydrogen (secondary N) is 1. The highest BCUT2D eigenvalue weighted by Gasteiger charge is 2.19. The zero-order chi connectivity index (χ0) is 9.97. The number of ether oxygens (including phenoxy) is 1. The van der Waals surface area contributed by atoms with E-state index < -0.39 is 0 Å². The molecule has 2 rings (SSSR count). The first-order valence-corrected chi connectivity index (χ1v) is 4.96. The lowest BCUT2D eigenvalue weighted by molar-refractivity contribution is 0.277. The summed E-state index contributed by atoms with van der Waals surface area (Å²) in [6.07, 6.45) is 0.882. The zero-order valence-corrected chi connectivity index (χ0v) is 8.29. The van der Waals surface area contributed by atoms with E-state index in [1.165, 1.54) is 5.56 Å². The number of rotatable bonds is 3. The highest BCUT2D eigenvalue weighted by atomic mass is 16.5. The van der Waals surface area contributed by atoms with Gasteiger partial charge in [0.25, 0.3) is 0 Å². The molecule has 0 bridgehead atoms. The number of anilines is 1. The fraction of sp³-hybridized carbons (Fsp3) is 0.455. The molecule has 0 saturated carbocycles. The predicted octanol–water partition coefficient (Wildman–Crippen LogP) is 1.41. The summed E-state index contributed by atoms with van der Waals surface area (Å²) in [4.78, 5) is 0. The number of benzene rings is 1. The van der Waals surface area contributed by atoms with Crippen molar-refractivity contribution in [2.24, 2.45) is 0 Å². The summed E-state index contributed by atoms with van der Waals surface area (Å²) < 4.78 is 5.41. The Morgan fingerprint density at radius 1 is 1.57 bits per heavy atom. The van der Waals surface area contributed by atoms with Gasteiger partial charge >= 0.3 is 0 Å². The van der Waals surface area contributed by atoms with Gasteiger partial charge in [-0.05, 0) is 37.1 Å². The average molecular weight is 193 g/mol. The second kappa shape index (κ2) is 3.88. The fourth-order valence-electron chi connectivity index (χ4n) is 1.78. The molecule has 1 aliphatic heterocycles. The molecule has 0 radical (unpaired) electrons. The van der Waals surface area contributed by atoms with E-state index in [4.69, 9.17) is 9.84 Å². The quantitative estimate of drug-likeness (QED) is 0.762. The molecule has 76 valence electrons. The van der Waals surface area contributed by atoms with E-state index in [1.54, 1.807) is 0 Å². The van der Waals surface area contributed by atoms with Gasteiger partial charge in [-0.2, -0.15) is 0 Å². The van der Waals surface area contributed by atoms with Crippen molar-refractivity contribution in [3.05, 3.63) is 23.8 Å². The van der Waals surface area contributed by atoms with E-state index in [2.05, 4.69) is 5.32 Å². The Balaban J connectivity index is 2.17. The predicted molar refractivity (Wildman–Crippen MR) is 55.8 cm³/mol. The van der Waals surface area contributed by atoms with Crippen molar-refractivity contribution < 1.29 is 9.84 Å². The smallest absolute Gasteiger partial charge is 0.119 e. The summed E-state index contributed by atoms with van der Waals surface area (Å²) in [5.41, 5.74) is 2.35. The number of fused-ring (bicyclic) bond motifs is 1. The standard InChI is InChI=1S/C11H15NO2/c1-2-14-10-3-4-11-8(6-10)5-9(7-13)12-11/h3-4,6,9,12-13H,2,5,7H2,1H3. The van der Waals surface area contributed by atoms with Crippen molar-refractivity contribution in [3.8, 4) is 5.75 Å². The Hall–Kier alpha value is -1.22. The Kier molecular flexibility index (Phi) is 2.59. The van der Waals surface area contributed by atoms with Crippen LogP contribution in [0, 0.1) is 0 Å². The van der Waals surface area contributed by atoms with Crippen LogP contribution in [-0.4, -0.2) is 24.4 Å². The maximum atomic E-state index is 9.02. The number of hydrogen-bond acceptors (Lipinski definition) is 3. The van der Waals surface area contributed by atoms with Gasteiger partial charge in [-0.3, -0.25) is 0 Å². The molecule has 1 unspecified atom stereocenters. The van der Waals surface area contributed by atoms with Gasteiger partial charge in [-0.25, -0.2) is 0 Å². The van der Waals surface area contributed by atoms with Gasteiger partial charge in [0.1, 0.15) is 5.75 Å². The van der Waals surface area contributed by atoms with Crippen molar-refractivity contribution in [2.45, 2.75) is 19.4 Å². The van der Waals surface area contributed by atoms with E-state index in [9.17, 15) is 0 Å². The Labute approximate surface area is 83.7 Å². The summed E-state index contributed by atoms with van der Waals surface area (Å²) >= 11 is 0. The van der Waals surface area contributed by atoms with E-state index in [-0.39, 0.29) is 12.6 Å². The Morgan fingerprint density at radius 2 is 2.43 bits per heavy atom. The van der Waals surface area contributed by atoms with Gasteiger partial charge in [0, 0.05) is 5.69 Å². The molecule has 1 aliphatic rings. The van der Waals surface area contributed by atoms with Crippen LogP contribution in [0.4, 0.5) is 5.69 Å². The van der Waals surface area contributed by atoms with Gasteiger partial charge in [0.2, 0.25) is 0 Å². The van der Waals surface area contributed by atoms with Gasteiger partial charge in [0.15, 0.2) is 0 Å². The minimum atomic E-state index is 0.168. The highest BCUT2D eigenvalue weighted by molar-refractivity contribution is 5.59. The summed E-state index contributed by atoms with van der Waals surface area (Å²) in [6, 6.07) is 6.17. The van der Waals surface area contributed by atoms with Crippen molar-refractivity contribution in [2.75, 3.05) is 18.5 Å². The first-order chi connectivity index (χ1) is 6.83. The lowest BCUT2D eigenvalue weighted by Gasteiger charge is -2.05. The van der Waals surface area contributed by atoms with E-state index in [1.807, 2.05) is 25.1 Å². The average Bonchev–Trinajstić information content (AvgIpc) is 2.60. The van der Waals surface area contributed by atoms with Crippen LogP contribution in [0.15, 0.2) is 18.2 Å². The molecule has 0 spiro atoms. The summed E-state index contributed by atoms with van der Waals surface area (Å²) in [6.45, 7) is 2.84. The Bertz CT molecular complexity index is 325. The maximum Gasteiger partial charge on any atom is 0.119 e. The van der Waals surface area contributed by atoms with Crippen molar-refractivity contribution in [1.82, 2.24) is 0 Å². The summed E-state index contributed by atoms with van der Waals surface area (Å²) in [5, 5.41) is 12.3. The molecule has 3 nitrogen and oxygen atoms in total. The monoisotopic (exact) mass is 193 g/mol. The molecule has 1 aromatic rings. The minimum absolute atomic E-state index is 0.168. The third-order valence-electron chi connectivity index (χ3n) is 2.43. The number of aliphatic hydroxyl groups is 1. The Morgan fingerprint density at radius 3 is 3.14 bits per heavy atom. The molecule has 1 aromatic carbocycles. The summed E-state index contributed by atoms with van der Waals surface area (Å²) in [7, 11) is 0. The van der Waals surface area contributed by atoms with Crippen LogP contribution in [0.2, 0.25) is 0 Å². The van der Waals surface area contributed by atoms with E-state index in [0.717, 1.165) is 17.9 Å². The highest BCUT2D eigenvalue weighted by Crippen LogP contribution is 2.29. The third-order valence-corrected chi connectivity index (χ3v) is 2.43. The fourth-order valence-corrected chi connectivity index (χ4v) is 1.78. The molecule has 14 heavy (non-hydrogen) atoms. The normalized spacial score (nSPS) is 18.9. The second-order valence-corrected chi connectivity index (χ2v) is 3.48. The van der Waals surface area contributed by atoms with Gasteiger partial charge < -0.3 is 15.2 Å². The van der Waals surface area contributed by atoms with Crippen molar-refractivity contribution in [3.63, 3.8) is 0 Å². The molecule has 0 fully saturated rings. The van der Waals surface area contributed by atoms with Crippen molar-refractivity contribution in [1.29, 1.82) is 0 Å². The second-order valence-electron chi connectivity index (χ2n) is 3.48. The molecular formula is C11H15NO2. The molecule has 0 saturated heterocycles. The van der Waals surface area contributed by atoms with Crippen LogP contribution >= 0.6 is 0 Å². The van der Waals surface area contributed by atoms with Crippen LogP contribution < -0.4 is 10.1 Å². The van der Waals surface area contributed by atoms with Gasteiger partial charge in [0.05, 0.1) is 19.3 Å². The van der Waals surface area contributed by atoms with Crippen molar-refractivity contribution >= 4 is 5.69 Å². The zero-order valence-electron chi connectivity index (χ0n) is 8.29. The van der Waals surface area contributed by atoms with E-state index in [0.29, 0.717) is 6.61 Å². The lowest BCUT2D eigenvalue weighted by Crippen LogP contribution is -2.19. The SMILES string of the molecule is CCOc1ccc2c(c1)CC(CO)N2. The first kappa shape index (κ1) is 9.34. The lowest BCUT2D eigenvalue weighted by atomic mass is 10.1. The van der Waals surface area contributed by atoms with Crippen LogP contribution in [0.3, 0.4) is 0 Å². The topological polar surface area (TPSA) is 41.5 Å². The molecule has 2 N–H and O–H groups in total. The van der Waals surface area contributed by atoms with Crippen LogP contribution in [0.1, 0.15) is 12.5 Å². The van der Waals surface area contributed by atoms with E-state index >= 15 is 0 Å². The molecule has 0 aliphatic carbocycles. The molecule has 0 amide bonds. The molecular weight excluding hydrogens is 178 g/mol. The number of aliphatic hydroxyl groups excluding tert-OH is 1. The molecule has 1 atom stereocenters. The minimum Gasteiger partial charge on any atom is -0.494 e. The summed E-state index contributed by atoms with van der Waals surface area (Å²) in [5.74, 6) is 0.909. The molecule has 0 aromatic heterocycles. The maximum absolute atomic E-state index is 9.02. The van der Waals surface area contributed by atoms with Crippen LogP contribution in [0.25, 0.3) is 0 Å². The largest absolute Gasteiger partial charge is 0.494 e. The molecule has 1 heterocycles. The first-order valence-electron chi connectivity index (χ1n) is 4.96. The van der Waals surface area contributed by atoms with Gasteiger partial charge in [-0.1, -0.05) is 0 Å². The number of hydrogen-bond donors (Lipinski definition) is 2. The molecule has 3 heteroatoms. The van der Waals surface area contributed by atoms with Crippen LogP contribution in [-0.2, 0) is 6.42 Å².